The van der Waals surface area contributed by atoms with E-state index in [-0.39, 0.29) is 55.2 Å². The van der Waals surface area contributed by atoms with Crippen molar-refractivity contribution in [2.45, 2.75) is 56.6 Å². The number of hydrazine groups is 1. The van der Waals surface area contributed by atoms with Crippen molar-refractivity contribution in [2.24, 2.45) is 5.92 Å². The summed E-state index contributed by atoms with van der Waals surface area (Å²) >= 11 is 1.79. The smallest absolute Gasteiger partial charge is 0.249 e. The quantitative estimate of drug-likeness (QED) is 0.388. The average Bonchev–Trinajstić information content (AvgIpc) is 3.48. The molecule has 2 aromatic rings. The topological polar surface area (TPSA) is 104 Å². The number of benzene rings is 1. The molecule has 11 nitrogen and oxygen atoms in total. The van der Waals surface area contributed by atoms with Gasteiger partial charge >= 0.3 is 0 Å². The van der Waals surface area contributed by atoms with Gasteiger partial charge in [0.05, 0.1) is 30.9 Å². The number of anilines is 1. The molecular weight excluding hydrogens is 540 g/mol. The van der Waals surface area contributed by atoms with Crippen LogP contribution >= 0.6 is 11.3 Å². The number of rotatable bonds is 5. The van der Waals surface area contributed by atoms with E-state index in [2.05, 4.69) is 81.0 Å². The van der Waals surface area contributed by atoms with Crippen LogP contribution in [-0.2, 0) is 20.7 Å². The van der Waals surface area contributed by atoms with E-state index in [9.17, 15) is 9.59 Å². The molecule has 7 rings (SSSR count). The van der Waals surface area contributed by atoms with E-state index in [1.165, 1.54) is 15.6 Å². The molecule has 0 spiro atoms. The molecule has 5 aliphatic rings. The van der Waals surface area contributed by atoms with Gasteiger partial charge in [0, 0.05) is 30.0 Å². The predicted octanol–water partition coefficient (Wildman–Crippen LogP) is 1.12. The van der Waals surface area contributed by atoms with E-state index >= 15 is 0 Å². The number of ether oxygens (including phenoxy) is 1. The third kappa shape index (κ3) is 5.16. The van der Waals surface area contributed by atoms with Crippen LogP contribution in [0.1, 0.15) is 24.8 Å². The maximum atomic E-state index is 13.7. The van der Waals surface area contributed by atoms with Crippen molar-refractivity contribution in [3.8, 4) is 0 Å². The van der Waals surface area contributed by atoms with Crippen molar-refractivity contribution >= 4 is 38.9 Å². The highest BCUT2D eigenvalue weighted by molar-refractivity contribution is 7.17. The molecule has 1 aromatic heterocycles. The Bertz CT molecular complexity index is 1330. The number of nitrogens with one attached hydrogen (secondary N) is 4. The first-order valence-corrected chi connectivity index (χ1v) is 15.7. The summed E-state index contributed by atoms with van der Waals surface area (Å²) in [5.74, 6) is -0.0568. The van der Waals surface area contributed by atoms with Crippen LogP contribution in [0.15, 0.2) is 35.7 Å². The van der Waals surface area contributed by atoms with Gasteiger partial charge in [-0.3, -0.25) is 30.5 Å². The van der Waals surface area contributed by atoms with Gasteiger partial charge in [-0.15, -0.1) is 11.3 Å². The van der Waals surface area contributed by atoms with Gasteiger partial charge in [-0.05, 0) is 68.2 Å². The van der Waals surface area contributed by atoms with E-state index in [4.69, 9.17) is 4.74 Å². The Hall–Kier alpha value is -2.58. The molecule has 2 bridgehead atoms. The van der Waals surface area contributed by atoms with Crippen LogP contribution in [0.5, 0.6) is 0 Å². The van der Waals surface area contributed by atoms with E-state index in [1.807, 2.05) is 9.91 Å². The monoisotopic (exact) mass is 580 g/mol. The normalized spacial score (nSPS) is 33.0. The zero-order valence-corrected chi connectivity index (χ0v) is 24.5. The molecule has 5 aliphatic heterocycles. The molecule has 6 atom stereocenters. The molecule has 6 heterocycles. The number of hydrogen-bond donors (Lipinski definition) is 4. The summed E-state index contributed by atoms with van der Waals surface area (Å²) in [6.45, 7) is 2.93. The highest BCUT2D eigenvalue weighted by Gasteiger charge is 2.53. The van der Waals surface area contributed by atoms with Crippen molar-refractivity contribution in [3.63, 3.8) is 0 Å². The zero-order chi connectivity index (χ0) is 28.1. The molecule has 220 valence electrons. The summed E-state index contributed by atoms with van der Waals surface area (Å²) in [6, 6.07) is 6.58. The standard InChI is InChI=1S/C29H40N8O3S/c1-34(2)13-10-18-17-41-23-14-19(6-7-20(18)23)31-29-30-15-21-26(33-29)37-24-9-8-22-27(32-24)35(25(38)16-40-22)11-4-3-5-12-36(37)28(21)39/h3,5-7,14,17,21-22,24,26-27,29-33H,4,8-13,15-16H2,1-2H3/b5-3+. The molecule has 6 unspecified atom stereocenters. The molecule has 1 aromatic carbocycles. The second-order valence-electron chi connectivity index (χ2n) is 11.9. The zero-order valence-electron chi connectivity index (χ0n) is 23.7. The van der Waals surface area contributed by atoms with Gasteiger partial charge in [0.25, 0.3) is 0 Å². The van der Waals surface area contributed by atoms with Crippen molar-refractivity contribution in [1.82, 2.24) is 35.8 Å². The first-order chi connectivity index (χ1) is 20.0. The van der Waals surface area contributed by atoms with E-state index in [1.54, 1.807) is 11.3 Å². The van der Waals surface area contributed by atoms with Gasteiger partial charge in [-0.2, -0.15) is 5.01 Å². The summed E-state index contributed by atoms with van der Waals surface area (Å²) in [5, 5.41) is 22.2. The van der Waals surface area contributed by atoms with Gasteiger partial charge in [0.15, 0.2) is 0 Å². The fourth-order valence-electron chi connectivity index (χ4n) is 6.88. The number of morpholine rings is 1. The largest absolute Gasteiger partial charge is 0.365 e. The minimum Gasteiger partial charge on any atom is -0.365 e. The summed E-state index contributed by atoms with van der Waals surface area (Å²) in [6.07, 6.45) is 6.94. The average molecular weight is 581 g/mol. The summed E-state index contributed by atoms with van der Waals surface area (Å²) in [4.78, 5) is 30.6. The number of thiophene rings is 1. The van der Waals surface area contributed by atoms with Crippen LogP contribution in [0, 0.1) is 5.92 Å². The number of amides is 2. The Morgan fingerprint density at radius 3 is 2.93 bits per heavy atom. The number of piperidine rings is 1. The van der Waals surface area contributed by atoms with Crippen molar-refractivity contribution in [3.05, 3.63) is 41.3 Å². The fraction of sp³-hybridized carbons (Fsp3) is 0.586. The Labute approximate surface area is 244 Å². The molecule has 2 amide bonds. The minimum atomic E-state index is -0.205. The molecular formula is C29H40N8O3S. The lowest BCUT2D eigenvalue weighted by atomic mass is 9.99. The van der Waals surface area contributed by atoms with Crippen LogP contribution in [0.3, 0.4) is 0 Å². The number of hydrogen-bond acceptors (Lipinski definition) is 10. The second-order valence-corrected chi connectivity index (χ2v) is 12.8. The van der Waals surface area contributed by atoms with Crippen LogP contribution in [0.4, 0.5) is 5.69 Å². The molecule has 41 heavy (non-hydrogen) atoms. The van der Waals surface area contributed by atoms with Gasteiger partial charge in [0.1, 0.15) is 19.1 Å². The first kappa shape index (κ1) is 27.3. The Morgan fingerprint density at radius 1 is 1.15 bits per heavy atom. The fourth-order valence-corrected chi connectivity index (χ4v) is 7.92. The van der Waals surface area contributed by atoms with Gasteiger partial charge in [-0.1, -0.05) is 18.2 Å². The Morgan fingerprint density at radius 2 is 2.05 bits per heavy atom. The Kier molecular flexibility index (Phi) is 7.48. The number of carbonyl (C=O) groups excluding carboxylic acids is 2. The third-order valence-electron chi connectivity index (χ3n) is 9.01. The van der Waals surface area contributed by atoms with Gasteiger partial charge < -0.3 is 19.9 Å². The van der Waals surface area contributed by atoms with E-state index < -0.39 is 0 Å². The summed E-state index contributed by atoms with van der Waals surface area (Å²) < 4.78 is 7.19. The predicted molar refractivity (Wildman–Crippen MR) is 159 cm³/mol. The number of likely N-dealkylation sites (N-methyl/N-ethyl adjacent to an activating group) is 1. The minimum absolute atomic E-state index is 0.0241. The summed E-state index contributed by atoms with van der Waals surface area (Å²) in [7, 11) is 4.22. The number of carbonyl (C=O) groups is 2. The van der Waals surface area contributed by atoms with Crippen molar-refractivity contribution < 1.29 is 14.3 Å². The number of fused-ring (bicyclic) bond motifs is 6. The Balaban J connectivity index is 1.10. The molecule has 0 aliphatic carbocycles. The van der Waals surface area contributed by atoms with Crippen molar-refractivity contribution in [2.75, 3.05) is 52.2 Å². The lowest BCUT2D eigenvalue weighted by molar-refractivity contribution is -0.175. The highest BCUT2D eigenvalue weighted by atomic mass is 32.1. The highest BCUT2D eigenvalue weighted by Crippen LogP contribution is 2.34. The first-order valence-electron chi connectivity index (χ1n) is 14.8. The van der Waals surface area contributed by atoms with Crippen LogP contribution < -0.4 is 21.3 Å². The molecule has 0 saturated carbocycles. The van der Waals surface area contributed by atoms with Gasteiger partial charge in [-0.25, -0.2) is 0 Å². The molecule has 4 N–H and O–H groups in total. The second kappa shape index (κ2) is 11.3. The maximum absolute atomic E-state index is 13.7. The van der Waals surface area contributed by atoms with Crippen molar-refractivity contribution in [1.29, 1.82) is 0 Å². The van der Waals surface area contributed by atoms with E-state index in [0.717, 1.165) is 37.9 Å². The molecule has 4 fully saturated rings. The van der Waals surface area contributed by atoms with E-state index in [0.29, 0.717) is 19.6 Å². The van der Waals surface area contributed by atoms with Crippen LogP contribution in [0.25, 0.3) is 10.1 Å². The maximum Gasteiger partial charge on any atom is 0.249 e. The summed E-state index contributed by atoms with van der Waals surface area (Å²) in [5.41, 5.74) is 2.43. The third-order valence-corrected chi connectivity index (χ3v) is 10.0. The lowest BCUT2D eigenvalue weighted by Gasteiger charge is -2.50. The van der Waals surface area contributed by atoms with Crippen LogP contribution in [0.2, 0.25) is 0 Å². The molecule has 0 radical (unpaired) electrons. The number of nitrogens with zero attached hydrogens (tertiary/aromatic N) is 4. The van der Waals surface area contributed by atoms with Gasteiger partial charge in [0.2, 0.25) is 11.8 Å². The lowest BCUT2D eigenvalue weighted by Crippen LogP contribution is -2.72. The van der Waals surface area contributed by atoms with Crippen LogP contribution in [-0.4, -0.2) is 109 Å². The molecule has 12 heteroatoms. The SMILES string of the molecule is CN(C)CCc1csc2cc(NC3NCC4C(=O)N5C/C=C/CCN6C(=O)COC7CCC(NC76)N5C4N3)ccc12. The molecule has 4 saturated heterocycles.